The number of rotatable bonds is 6. The number of anilines is 1. The first kappa shape index (κ1) is 16.0. The number of halogens is 2. The molecule has 2 rings (SSSR count). The van der Waals surface area contributed by atoms with Crippen molar-refractivity contribution in [3.05, 3.63) is 39.6 Å². The molecule has 0 saturated heterocycles. The highest BCUT2D eigenvalue weighted by Crippen LogP contribution is 2.19. The molecule has 0 bridgehead atoms. The van der Waals surface area contributed by atoms with Gasteiger partial charge in [-0.3, -0.25) is 0 Å². The summed E-state index contributed by atoms with van der Waals surface area (Å²) in [6.45, 7) is 6.01. The lowest BCUT2D eigenvalue weighted by Crippen LogP contribution is -2.24. The Labute approximate surface area is 137 Å². The summed E-state index contributed by atoms with van der Waals surface area (Å²) < 4.78 is 6.61. The molecule has 0 aliphatic rings. The van der Waals surface area contributed by atoms with Gasteiger partial charge in [-0.15, -0.1) is 0 Å². The van der Waals surface area contributed by atoms with Crippen LogP contribution in [0.1, 0.15) is 19.4 Å². The maximum atomic E-state index is 5.94. The molecule has 0 aliphatic heterocycles. The molecule has 5 nitrogen and oxygen atoms in total. The van der Waals surface area contributed by atoms with E-state index < -0.39 is 0 Å². The van der Waals surface area contributed by atoms with E-state index in [9.17, 15) is 0 Å². The molecule has 0 fully saturated rings. The number of aromatic nitrogens is 3. The Balaban J connectivity index is 2.15. The molecule has 1 heterocycles. The van der Waals surface area contributed by atoms with E-state index in [0.29, 0.717) is 12.6 Å². The van der Waals surface area contributed by atoms with Crippen LogP contribution in [0.15, 0.2) is 28.7 Å². The third-order valence-electron chi connectivity index (χ3n) is 2.94. The number of hydrogen-bond acceptors (Lipinski definition) is 5. The molecular formula is C14H16BrClN4O. The molecule has 1 aromatic carbocycles. The van der Waals surface area contributed by atoms with E-state index in [-0.39, 0.29) is 11.3 Å². The lowest BCUT2D eigenvalue weighted by Gasteiger charge is -2.18. The molecule has 2 aromatic rings. The third-order valence-corrected chi connectivity index (χ3v) is 3.88. The predicted octanol–water partition coefficient (Wildman–Crippen LogP) is 3.71. The number of benzene rings is 1. The van der Waals surface area contributed by atoms with Crippen molar-refractivity contribution in [3.63, 3.8) is 0 Å². The minimum absolute atomic E-state index is 0.133. The third kappa shape index (κ3) is 4.28. The maximum absolute atomic E-state index is 5.94. The second-order valence-electron chi connectivity index (χ2n) is 4.24. The average molecular weight is 372 g/mol. The normalized spacial score (nSPS) is 10.5. The molecule has 0 spiro atoms. The number of hydrogen-bond donors (Lipinski definition) is 0. The summed E-state index contributed by atoms with van der Waals surface area (Å²) in [5.74, 6) is 0.530. The van der Waals surface area contributed by atoms with Crippen molar-refractivity contribution < 1.29 is 4.74 Å². The van der Waals surface area contributed by atoms with Gasteiger partial charge in [-0.2, -0.15) is 15.0 Å². The van der Waals surface area contributed by atoms with E-state index >= 15 is 0 Å². The maximum Gasteiger partial charge on any atom is 0.322 e. The SMILES string of the molecule is CCN(CC)c1nc(Cl)nc(OCc2ccccc2Br)n1. The minimum atomic E-state index is 0.133. The molecule has 0 saturated carbocycles. The first-order chi connectivity index (χ1) is 10.1. The van der Waals surface area contributed by atoms with Crippen LogP contribution in [0, 0.1) is 0 Å². The molecular weight excluding hydrogens is 356 g/mol. The lowest BCUT2D eigenvalue weighted by molar-refractivity contribution is 0.279. The van der Waals surface area contributed by atoms with Gasteiger partial charge >= 0.3 is 6.01 Å². The van der Waals surface area contributed by atoms with Gasteiger partial charge in [0.2, 0.25) is 11.2 Å². The Morgan fingerprint density at radius 1 is 1.14 bits per heavy atom. The van der Waals surface area contributed by atoms with Crippen LogP contribution in [0.25, 0.3) is 0 Å². The summed E-state index contributed by atoms with van der Waals surface area (Å²) in [6.07, 6.45) is 0. The highest BCUT2D eigenvalue weighted by Gasteiger charge is 2.11. The number of ether oxygens (including phenoxy) is 1. The van der Waals surface area contributed by atoms with Crippen LogP contribution in [-0.4, -0.2) is 28.0 Å². The highest BCUT2D eigenvalue weighted by molar-refractivity contribution is 9.10. The molecule has 0 atom stereocenters. The van der Waals surface area contributed by atoms with Crippen LogP contribution in [0.4, 0.5) is 5.95 Å². The van der Waals surface area contributed by atoms with Gasteiger partial charge in [-0.25, -0.2) is 0 Å². The van der Waals surface area contributed by atoms with Crippen molar-refractivity contribution in [1.82, 2.24) is 15.0 Å². The summed E-state index contributed by atoms with van der Waals surface area (Å²) in [5.41, 5.74) is 1.01. The molecule has 0 N–H and O–H groups in total. The fraction of sp³-hybridized carbons (Fsp3) is 0.357. The second kappa shape index (κ2) is 7.56. The van der Waals surface area contributed by atoms with E-state index in [4.69, 9.17) is 16.3 Å². The van der Waals surface area contributed by atoms with Crippen molar-refractivity contribution >= 4 is 33.5 Å². The standard InChI is InChI=1S/C14H16BrClN4O/c1-3-20(4-2)13-17-12(16)18-14(19-13)21-9-10-7-5-6-8-11(10)15/h5-8H,3-4,9H2,1-2H3. The molecule has 7 heteroatoms. The molecule has 1 aromatic heterocycles. The van der Waals surface area contributed by atoms with Gasteiger partial charge in [0, 0.05) is 23.1 Å². The summed E-state index contributed by atoms with van der Waals surface area (Å²) in [5, 5.41) is 0.133. The quantitative estimate of drug-likeness (QED) is 0.774. The van der Waals surface area contributed by atoms with Gasteiger partial charge in [0.05, 0.1) is 0 Å². The summed E-state index contributed by atoms with van der Waals surface area (Å²) >= 11 is 9.42. The van der Waals surface area contributed by atoms with Crippen molar-refractivity contribution in [2.75, 3.05) is 18.0 Å². The second-order valence-corrected chi connectivity index (χ2v) is 5.43. The van der Waals surface area contributed by atoms with Crippen LogP contribution < -0.4 is 9.64 Å². The predicted molar refractivity (Wildman–Crippen MR) is 86.9 cm³/mol. The van der Waals surface area contributed by atoms with Crippen LogP contribution in [0.2, 0.25) is 5.28 Å². The fourth-order valence-corrected chi connectivity index (χ4v) is 2.34. The van der Waals surface area contributed by atoms with Gasteiger partial charge in [0.15, 0.2) is 0 Å². The van der Waals surface area contributed by atoms with Crippen molar-refractivity contribution in [2.24, 2.45) is 0 Å². The zero-order valence-corrected chi connectivity index (χ0v) is 14.2. The van der Waals surface area contributed by atoms with Crippen LogP contribution in [-0.2, 0) is 6.61 Å². The van der Waals surface area contributed by atoms with Crippen molar-refractivity contribution in [2.45, 2.75) is 20.5 Å². The molecule has 0 amide bonds. The van der Waals surface area contributed by atoms with Gasteiger partial charge in [-0.1, -0.05) is 34.1 Å². The molecule has 0 unspecified atom stereocenters. The van der Waals surface area contributed by atoms with Gasteiger partial charge in [0.1, 0.15) is 6.61 Å². The minimum Gasteiger partial charge on any atom is -0.458 e. The fourth-order valence-electron chi connectivity index (χ4n) is 1.79. The Morgan fingerprint density at radius 2 is 1.86 bits per heavy atom. The first-order valence-electron chi connectivity index (χ1n) is 6.66. The number of nitrogens with zero attached hydrogens (tertiary/aromatic N) is 4. The Bertz CT molecular complexity index is 607. The molecule has 0 aliphatic carbocycles. The Kier molecular flexibility index (Phi) is 5.76. The summed E-state index contributed by atoms with van der Waals surface area (Å²) in [6, 6.07) is 8.06. The largest absolute Gasteiger partial charge is 0.458 e. The van der Waals surface area contributed by atoms with Crippen LogP contribution in [0.3, 0.4) is 0 Å². The molecule has 112 valence electrons. The topological polar surface area (TPSA) is 51.1 Å². The van der Waals surface area contributed by atoms with Gasteiger partial charge in [0.25, 0.3) is 0 Å². The monoisotopic (exact) mass is 370 g/mol. The van der Waals surface area contributed by atoms with Gasteiger partial charge < -0.3 is 9.64 Å². The zero-order valence-electron chi connectivity index (χ0n) is 11.9. The Hall–Kier alpha value is -1.40. The molecule has 0 radical (unpaired) electrons. The zero-order chi connectivity index (χ0) is 15.2. The van der Waals surface area contributed by atoms with E-state index in [0.717, 1.165) is 23.1 Å². The van der Waals surface area contributed by atoms with E-state index in [1.54, 1.807) is 0 Å². The van der Waals surface area contributed by atoms with Crippen LogP contribution in [0.5, 0.6) is 6.01 Å². The van der Waals surface area contributed by atoms with Crippen LogP contribution >= 0.6 is 27.5 Å². The highest BCUT2D eigenvalue weighted by atomic mass is 79.9. The lowest BCUT2D eigenvalue weighted by atomic mass is 10.2. The summed E-state index contributed by atoms with van der Waals surface area (Å²) in [7, 11) is 0. The molecule has 21 heavy (non-hydrogen) atoms. The van der Waals surface area contributed by atoms with E-state index in [1.807, 2.05) is 43.0 Å². The first-order valence-corrected chi connectivity index (χ1v) is 7.83. The van der Waals surface area contributed by atoms with Gasteiger partial charge in [-0.05, 0) is 31.5 Å². The average Bonchev–Trinajstić information content (AvgIpc) is 2.47. The van der Waals surface area contributed by atoms with E-state index in [1.165, 1.54) is 0 Å². The smallest absolute Gasteiger partial charge is 0.322 e. The van der Waals surface area contributed by atoms with Crippen molar-refractivity contribution in [3.8, 4) is 6.01 Å². The Morgan fingerprint density at radius 3 is 2.52 bits per heavy atom. The summed E-state index contributed by atoms with van der Waals surface area (Å²) in [4.78, 5) is 14.4. The van der Waals surface area contributed by atoms with E-state index in [2.05, 4.69) is 30.9 Å². The van der Waals surface area contributed by atoms with Crippen molar-refractivity contribution in [1.29, 1.82) is 0 Å².